The summed E-state index contributed by atoms with van der Waals surface area (Å²) in [6.45, 7) is 5.45. The first-order valence-corrected chi connectivity index (χ1v) is 6.31. The molecule has 0 aromatic heterocycles. The van der Waals surface area contributed by atoms with E-state index in [1.165, 1.54) is 17.5 Å². The Morgan fingerprint density at radius 3 is 2.35 bits per heavy atom. The Balaban J connectivity index is 2.18. The zero-order valence-electron chi connectivity index (χ0n) is 10.5. The zero-order valence-corrected chi connectivity index (χ0v) is 10.5. The minimum atomic E-state index is -0.191. The Bertz CT molecular complexity index is 464. The van der Waals surface area contributed by atoms with Gasteiger partial charge in [-0.15, -0.1) is 0 Å². The second kappa shape index (κ2) is 3.64. The molecule has 1 aliphatic carbocycles. The molecule has 1 aromatic rings. The van der Waals surface area contributed by atoms with Crippen LogP contribution in [0.4, 0.5) is 0 Å². The van der Waals surface area contributed by atoms with Gasteiger partial charge in [-0.25, -0.2) is 0 Å². The van der Waals surface area contributed by atoms with E-state index in [9.17, 15) is 0 Å². The van der Waals surface area contributed by atoms with Crippen LogP contribution in [-0.4, -0.2) is 13.2 Å². The van der Waals surface area contributed by atoms with E-state index in [0.717, 1.165) is 29.9 Å². The molecule has 2 N–H and O–H groups in total. The van der Waals surface area contributed by atoms with Crippen molar-refractivity contribution >= 4 is 0 Å². The van der Waals surface area contributed by atoms with E-state index in [0.29, 0.717) is 13.2 Å². The number of fused-ring (bicyclic) bond motifs is 1. The van der Waals surface area contributed by atoms with Crippen molar-refractivity contribution in [2.75, 3.05) is 13.2 Å². The summed E-state index contributed by atoms with van der Waals surface area (Å²) < 4.78 is 11.6. The molecule has 3 nitrogen and oxygen atoms in total. The number of ether oxygens (including phenoxy) is 2. The summed E-state index contributed by atoms with van der Waals surface area (Å²) in [6.07, 6.45) is 3.30. The highest BCUT2D eigenvalue weighted by atomic mass is 16.6. The number of hydrogen-bond donors (Lipinski definition) is 1. The molecule has 1 saturated carbocycles. The fraction of sp³-hybridized carbons (Fsp3) is 0.571. The zero-order chi connectivity index (χ0) is 12.0. The van der Waals surface area contributed by atoms with Gasteiger partial charge in [0.2, 0.25) is 0 Å². The van der Waals surface area contributed by atoms with Crippen LogP contribution in [0.25, 0.3) is 0 Å². The lowest BCUT2D eigenvalue weighted by Crippen LogP contribution is -2.44. The molecule has 0 unspecified atom stereocenters. The number of aryl methyl sites for hydroxylation is 1. The summed E-state index contributed by atoms with van der Waals surface area (Å²) in [4.78, 5) is 0. The third-order valence-electron chi connectivity index (χ3n) is 4.10. The second-order valence-electron chi connectivity index (χ2n) is 5.23. The van der Waals surface area contributed by atoms with E-state index in [-0.39, 0.29) is 5.54 Å². The van der Waals surface area contributed by atoms with Gasteiger partial charge in [0.25, 0.3) is 0 Å². The molecule has 1 fully saturated rings. The quantitative estimate of drug-likeness (QED) is 0.810. The Hall–Kier alpha value is -1.22. The predicted molar refractivity (Wildman–Crippen MR) is 66.6 cm³/mol. The molecule has 2 aliphatic rings. The van der Waals surface area contributed by atoms with Gasteiger partial charge in [0, 0.05) is 11.1 Å². The van der Waals surface area contributed by atoms with Crippen molar-refractivity contribution in [3.05, 3.63) is 22.8 Å². The third-order valence-corrected chi connectivity index (χ3v) is 4.10. The number of nitrogens with two attached hydrogens (primary N) is 1. The Labute approximate surface area is 102 Å². The standard InChI is InChI=1S/C14H19NO2/c1-9-8-11(14(15)4-3-5-14)13-12(10(9)2)16-6-7-17-13/h8H,3-7,15H2,1-2H3. The molecule has 3 rings (SSSR count). The van der Waals surface area contributed by atoms with Gasteiger partial charge in [-0.2, -0.15) is 0 Å². The lowest BCUT2D eigenvalue weighted by atomic mass is 9.71. The van der Waals surface area contributed by atoms with Crippen LogP contribution in [0.5, 0.6) is 11.5 Å². The van der Waals surface area contributed by atoms with Gasteiger partial charge in [0.05, 0.1) is 0 Å². The number of hydrogen-bond acceptors (Lipinski definition) is 3. The van der Waals surface area contributed by atoms with E-state index in [2.05, 4.69) is 19.9 Å². The Morgan fingerprint density at radius 1 is 1.12 bits per heavy atom. The van der Waals surface area contributed by atoms with Gasteiger partial charge in [-0.05, 0) is 50.3 Å². The fourth-order valence-electron chi connectivity index (χ4n) is 2.66. The molecule has 92 valence electrons. The minimum Gasteiger partial charge on any atom is -0.486 e. The van der Waals surface area contributed by atoms with Crippen molar-refractivity contribution in [2.24, 2.45) is 5.73 Å². The molecular weight excluding hydrogens is 214 g/mol. The van der Waals surface area contributed by atoms with Crippen LogP contribution in [0, 0.1) is 13.8 Å². The van der Waals surface area contributed by atoms with Crippen molar-refractivity contribution in [3.8, 4) is 11.5 Å². The van der Waals surface area contributed by atoms with Gasteiger partial charge in [-0.3, -0.25) is 0 Å². The molecule has 0 bridgehead atoms. The van der Waals surface area contributed by atoms with E-state index < -0.39 is 0 Å². The normalized spacial score (nSPS) is 20.9. The first kappa shape index (κ1) is 10.9. The lowest BCUT2D eigenvalue weighted by Gasteiger charge is -2.41. The van der Waals surface area contributed by atoms with Crippen LogP contribution in [0.2, 0.25) is 0 Å². The Kier molecular flexibility index (Phi) is 2.33. The van der Waals surface area contributed by atoms with Crippen molar-refractivity contribution in [1.29, 1.82) is 0 Å². The van der Waals surface area contributed by atoms with Crippen LogP contribution >= 0.6 is 0 Å². The molecule has 0 saturated heterocycles. The van der Waals surface area contributed by atoms with Crippen molar-refractivity contribution in [1.82, 2.24) is 0 Å². The molecule has 1 aromatic carbocycles. The van der Waals surface area contributed by atoms with Crippen LogP contribution < -0.4 is 15.2 Å². The van der Waals surface area contributed by atoms with Crippen molar-refractivity contribution < 1.29 is 9.47 Å². The topological polar surface area (TPSA) is 44.5 Å². The SMILES string of the molecule is Cc1cc(C2(N)CCC2)c2c(c1C)OCCO2. The molecule has 1 heterocycles. The second-order valence-corrected chi connectivity index (χ2v) is 5.23. The molecule has 17 heavy (non-hydrogen) atoms. The smallest absolute Gasteiger partial charge is 0.166 e. The van der Waals surface area contributed by atoms with E-state index in [1.807, 2.05) is 0 Å². The number of rotatable bonds is 1. The summed E-state index contributed by atoms with van der Waals surface area (Å²) in [7, 11) is 0. The van der Waals surface area contributed by atoms with Crippen molar-refractivity contribution in [2.45, 2.75) is 38.6 Å². The predicted octanol–water partition coefficient (Wildman–Crippen LogP) is 2.41. The highest BCUT2D eigenvalue weighted by Crippen LogP contribution is 2.48. The molecule has 0 amide bonds. The highest BCUT2D eigenvalue weighted by molar-refractivity contribution is 5.58. The number of benzene rings is 1. The van der Waals surface area contributed by atoms with E-state index in [1.54, 1.807) is 0 Å². The first-order chi connectivity index (χ1) is 8.12. The molecular formula is C14H19NO2. The third kappa shape index (κ3) is 1.53. The summed E-state index contributed by atoms with van der Waals surface area (Å²) in [5, 5.41) is 0. The fourth-order valence-corrected chi connectivity index (χ4v) is 2.66. The van der Waals surface area contributed by atoms with Crippen molar-refractivity contribution in [3.63, 3.8) is 0 Å². The average Bonchev–Trinajstić information content (AvgIpc) is 2.31. The van der Waals surface area contributed by atoms with Gasteiger partial charge in [-0.1, -0.05) is 0 Å². The maximum absolute atomic E-state index is 6.43. The highest BCUT2D eigenvalue weighted by Gasteiger charge is 2.39. The van der Waals surface area contributed by atoms with Crippen LogP contribution in [0.1, 0.15) is 36.0 Å². The maximum Gasteiger partial charge on any atom is 0.166 e. The van der Waals surface area contributed by atoms with Gasteiger partial charge in [0.15, 0.2) is 11.5 Å². The maximum atomic E-state index is 6.43. The van der Waals surface area contributed by atoms with Gasteiger partial charge < -0.3 is 15.2 Å². The molecule has 0 spiro atoms. The molecule has 0 radical (unpaired) electrons. The van der Waals surface area contributed by atoms with Crippen LogP contribution in [0.3, 0.4) is 0 Å². The summed E-state index contributed by atoms with van der Waals surface area (Å²) in [6, 6.07) is 2.18. The lowest BCUT2D eigenvalue weighted by molar-refractivity contribution is 0.158. The van der Waals surface area contributed by atoms with Gasteiger partial charge >= 0.3 is 0 Å². The van der Waals surface area contributed by atoms with E-state index in [4.69, 9.17) is 15.2 Å². The summed E-state index contributed by atoms with van der Waals surface area (Å²) in [5.74, 6) is 1.80. The molecule has 3 heteroatoms. The molecule has 1 aliphatic heterocycles. The largest absolute Gasteiger partial charge is 0.486 e. The van der Waals surface area contributed by atoms with E-state index >= 15 is 0 Å². The molecule has 0 atom stereocenters. The minimum absolute atomic E-state index is 0.191. The Morgan fingerprint density at radius 2 is 1.76 bits per heavy atom. The average molecular weight is 233 g/mol. The monoisotopic (exact) mass is 233 g/mol. The van der Waals surface area contributed by atoms with Gasteiger partial charge in [0.1, 0.15) is 13.2 Å². The summed E-state index contributed by atoms with van der Waals surface area (Å²) in [5.41, 5.74) is 9.79. The van der Waals surface area contributed by atoms with Crippen LogP contribution in [0.15, 0.2) is 6.07 Å². The summed E-state index contributed by atoms with van der Waals surface area (Å²) >= 11 is 0. The van der Waals surface area contributed by atoms with Crippen LogP contribution in [-0.2, 0) is 5.54 Å². The first-order valence-electron chi connectivity index (χ1n) is 6.31.